The van der Waals surface area contributed by atoms with Gasteiger partial charge in [-0.3, -0.25) is 0 Å². The lowest BCUT2D eigenvalue weighted by Gasteiger charge is -2.24. The minimum absolute atomic E-state index is 0.0595. The second-order valence-electron chi connectivity index (χ2n) is 4.97. The molecule has 0 saturated carbocycles. The Bertz CT molecular complexity index is 610. The number of hydrogen-bond acceptors (Lipinski definition) is 2. The van der Waals surface area contributed by atoms with Crippen LogP contribution in [-0.4, -0.2) is 22.3 Å². The third-order valence-electron chi connectivity index (χ3n) is 3.08. The van der Waals surface area contributed by atoms with Crippen LogP contribution in [0.3, 0.4) is 0 Å². The highest BCUT2D eigenvalue weighted by Crippen LogP contribution is 2.26. The first-order valence-electron chi connectivity index (χ1n) is 5.83. The molecule has 0 aliphatic heterocycles. The second-order valence-corrected chi connectivity index (χ2v) is 5.64. The Morgan fingerprint density at radius 1 is 1.42 bits per heavy atom. The quantitative estimate of drug-likeness (QED) is 0.799. The maximum absolute atomic E-state index is 13.6. The van der Waals surface area contributed by atoms with Crippen LogP contribution in [-0.2, 0) is 17.2 Å². The Labute approximate surface area is 121 Å². The van der Waals surface area contributed by atoms with Gasteiger partial charge in [-0.1, -0.05) is 11.6 Å². The fraction of sp³-hybridized carbons (Fsp3) is 0.462. The molecule has 1 heterocycles. The van der Waals surface area contributed by atoms with Crippen LogP contribution in [0.15, 0.2) is 12.1 Å². The number of nitrogens with zero attached hydrogens (tertiary/aromatic N) is 2. The molecule has 2 rings (SSSR count). The van der Waals surface area contributed by atoms with Crippen LogP contribution in [0.5, 0.6) is 0 Å². The third kappa shape index (κ3) is 2.86. The summed E-state index contributed by atoms with van der Waals surface area (Å²) in [4.78, 5) is 4.38. The van der Waals surface area contributed by atoms with Crippen LogP contribution in [0, 0.1) is 5.82 Å². The normalized spacial score (nSPS) is 12.3. The van der Waals surface area contributed by atoms with Crippen molar-refractivity contribution in [3.05, 3.63) is 28.8 Å². The highest BCUT2D eigenvalue weighted by atomic mass is 35.5. The summed E-state index contributed by atoms with van der Waals surface area (Å²) in [6, 6.07) is 2.89. The lowest BCUT2D eigenvalue weighted by Crippen LogP contribution is -2.29. The summed E-state index contributed by atoms with van der Waals surface area (Å²) in [5.41, 5.74) is 0.904. The van der Waals surface area contributed by atoms with Gasteiger partial charge in [-0.15, -0.1) is 11.6 Å². The fourth-order valence-electron chi connectivity index (χ4n) is 1.89. The zero-order valence-corrected chi connectivity index (χ0v) is 12.5. The SMILES string of the molecule is COC(C)(C)Cn1c(CCl)nc2cc(Cl)c(F)cc21. The van der Waals surface area contributed by atoms with Crippen molar-refractivity contribution in [2.45, 2.75) is 31.9 Å². The monoisotopic (exact) mass is 304 g/mol. The van der Waals surface area contributed by atoms with Crippen LogP contribution in [0.25, 0.3) is 11.0 Å². The summed E-state index contributed by atoms with van der Waals surface area (Å²) >= 11 is 11.7. The Hall–Kier alpha value is -0.840. The summed E-state index contributed by atoms with van der Waals surface area (Å²) < 4.78 is 20.9. The number of aromatic nitrogens is 2. The first-order valence-corrected chi connectivity index (χ1v) is 6.74. The number of hydrogen-bond donors (Lipinski definition) is 0. The van der Waals surface area contributed by atoms with Gasteiger partial charge in [-0.2, -0.15) is 0 Å². The molecule has 0 radical (unpaired) electrons. The molecule has 0 aliphatic rings. The molecule has 0 spiro atoms. The number of ether oxygens (including phenoxy) is 1. The molecule has 0 amide bonds. The minimum atomic E-state index is -0.466. The van der Waals surface area contributed by atoms with Crippen molar-refractivity contribution < 1.29 is 9.13 Å². The van der Waals surface area contributed by atoms with Gasteiger partial charge in [0.05, 0.1) is 34.1 Å². The lowest BCUT2D eigenvalue weighted by atomic mass is 10.1. The Balaban J connectivity index is 2.60. The second kappa shape index (κ2) is 5.27. The zero-order chi connectivity index (χ0) is 14.2. The van der Waals surface area contributed by atoms with Gasteiger partial charge in [0.15, 0.2) is 0 Å². The zero-order valence-electron chi connectivity index (χ0n) is 11.0. The van der Waals surface area contributed by atoms with Crippen molar-refractivity contribution in [3.8, 4) is 0 Å². The van der Waals surface area contributed by atoms with E-state index in [4.69, 9.17) is 27.9 Å². The average Bonchev–Trinajstić information content (AvgIpc) is 2.67. The number of imidazole rings is 1. The van der Waals surface area contributed by atoms with E-state index in [0.717, 1.165) is 0 Å². The molecule has 19 heavy (non-hydrogen) atoms. The number of fused-ring (bicyclic) bond motifs is 1. The molecule has 0 fully saturated rings. The first-order chi connectivity index (χ1) is 8.88. The van der Waals surface area contributed by atoms with Gasteiger partial charge < -0.3 is 9.30 Å². The van der Waals surface area contributed by atoms with Gasteiger partial charge in [0.1, 0.15) is 11.6 Å². The molecule has 1 aromatic carbocycles. The van der Waals surface area contributed by atoms with Crippen molar-refractivity contribution in [2.24, 2.45) is 0 Å². The van der Waals surface area contributed by atoms with E-state index in [9.17, 15) is 4.39 Å². The number of methoxy groups -OCH3 is 1. The lowest BCUT2D eigenvalue weighted by molar-refractivity contribution is 0.00854. The van der Waals surface area contributed by atoms with Crippen molar-refractivity contribution in [1.29, 1.82) is 0 Å². The number of alkyl halides is 1. The molecule has 0 atom stereocenters. The van der Waals surface area contributed by atoms with Crippen LogP contribution in [0.2, 0.25) is 5.02 Å². The molecule has 0 N–H and O–H groups in total. The van der Waals surface area contributed by atoms with E-state index in [1.807, 2.05) is 18.4 Å². The van der Waals surface area contributed by atoms with Crippen LogP contribution >= 0.6 is 23.2 Å². The molecule has 0 unspecified atom stereocenters. The number of halogens is 3. The predicted molar refractivity (Wildman–Crippen MR) is 75.3 cm³/mol. The van der Waals surface area contributed by atoms with E-state index in [1.165, 1.54) is 12.1 Å². The topological polar surface area (TPSA) is 27.1 Å². The number of rotatable bonds is 4. The first kappa shape index (κ1) is 14.6. The van der Waals surface area contributed by atoms with Gasteiger partial charge in [-0.25, -0.2) is 9.37 Å². The van der Waals surface area contributed by atoms with E-state index in [1.54, 1.807) is 7.11 Å². The Morgan fingerprint density at radius 3 is 2.68 bits per heavy atom. The smallest absolute Gasteiger partial charge is 0.144 e. The van der Waals surface area contributed by atoms with Crippen LogP contribution < -0.4 is 0 Å². The van der Waals surface area contributed by atoms with E-state index in [-0.39, 0.29) is 10.9 Å². The largest absolute Gasteiger partial charge is 0.377 e. The van der Waals surface area contributed by atoms with Crippen LogP contribution in [0.4, 0.5) is 4.39 Å². The van der Waals surface area contributed by atoms with Crippen molar-refractivity contribution in [1.82, 2.24) is 9.55 Å². The van der Waals surface area contributed by atoms with Gasteiger partial charge >= 0.3 is 0 Å². The van der Waals surface area contributed by atoms with Gasteiger partial charge in [0.2, 0.25) is 0 Å². The summed E-state index contributed by atoms with van der Waals surface area (Å²) in [5, 5.41) is 0.0595. The fourth-order valence-corrected chi connectivity index (χ4v) is 2.26. The van der Waals surface area contributed by atoms with Crippen molar-refractivity contribution in [2.75, 3.05) is 7.11 Å². The van der Waals surface area contributed by atoms with Gasteiger partial charge in [-0.05, 0) is 19.9 Å². The molecule has 0 saturated heterocycles. The van der Waals surface area contributed by atoms with Crippen molar-refractivity contribution in [3.63, 3.8) is 0 Å². The van der Waals surface area contributed by atoms with E-state index in [2.05, 4.69) is 4.98 Å². The number of benzene rings is 1. The predicted octanol–water partition coefficient (Wildman–Crippen LogP) is 3.99. The highest BCUT2D eigenvalue weighted by molar-refractivity contribution is 6.31. The summed E-state index contributed by atoms with van der Waals surface area (Å²) in [7, 11) is 1.64. The summed E-state index contributed by atoms with van der Waals surface area (Å²) in [6.45, 7) is 4.43. The summed E-state index contributed by atoms with van der Waals surface area (Å²) in [5.74, 6) is 0.448. The van der Waals surface area contributed by atoms with Crippen molar-refractivity contribution >= 4 is 34.2 Å². The molecule has 2 aromatic rings. The molecular weight excluding hydrogens is 290 g/mol. The molecule has 6 heteroatoms. The van der Waals surface area contributed by atoms with Gasteiger partial charge in [0, 0.05) is 13.2 Å². The van der Waals surface area contributed by atoms with E-state index < -0.39 is 11.4 Å². The Kier molecular flexibility index (Phi) is 4.04. The molecule has 104 valence electrons. The average molecular weight is 305 g/mol. The molecular formula is C13H15Cl2FN2O. The maximum Gasteiger partial charge on any atom is 0.144 e. The highest BCUT2D eigenvalue weighted by Gasteiger charge is 2.21. The molecule has 1 aromatic heterocycles. The Morgan fingerprint density at radius 2 is 2.11 bits per heavy atom. The minimum Gasteiger partial charge on any atom is -0.377 e. The third-order valence-corrected chi connectivity index (χ3v) is 3.61. The molecule has 3 nitrogen and oxygen atoms in total. The maximum atomic E-state index is 13.6. The summed E-state index contributed by atoms with van der Waals surface area (Å²) in [6.07, 6.45) is 0. The van der Waals surface area contributed by atoms with Gasteiger partial charge in [0.25, 0.3) is 0 Å². The van der Waals surface area contributed by atoms with E-state index in [0.29, 0.717) is 23.4 Å². The van der Waals surface area contributed by atoms with Crippen LogP contribution in [0.1, 0.15) is 19.7 Å². The molecule has 0 aliphatic carbocycles. The molecule has 0 bridgehead atoms. The standard InChI is InChI=1S/C13H15Cl2FN2O/c1-13(2,19-3)7-18-11-5-9(16)8(15)4-10(11)17-12(18)6-14/h4-5H,6-7H2,1-3H3. The van der Waals surface area contributed by atoms with E-state index >= 15 is 0 Å².